The Morgan fingerprint density at radius 1 is 1.25 bits per heavy atom. The number of halogens is 1. The van der Waals surface area contributed by atoms with Crippen LogP contribution in [0.15, 0.2) is 51.8 Å². The Bertz CT molecular complexity index is 614. The first kappa shape index (κ1) is 14.9. The van der Waals surface area contributed by atoms with Crippen molar-refractivity contribution in [2.24, 2.45) is 0 Å². The fourth-order valence-electron chi connectivity index (χ4n) is 1.63. The summed E-state index contributed by atoms with van der Waals surface area (Å²) in [4.78, 5) is 12.9. The normalized spacial score (nSPS) is 10.3. The number of nitrogen functional groups attached to an aromatic ring is 1. The fraction of sp³-hybridized carbons (Fsp3) is 0.133. The van der Waals surface area contributed by atoms with Gasteiger partial charge >= 0.3 is 0 Å². The molecular formula is C15H15BrN2OS. The highest BCUT2D eigenvalue weighted by atomic mass is 79.9. The fourth-order valence-corrected chi connectivity index (χ4v) is 2.58. The van der Waals surface area contributed by atoms with Crippen LogP contribution in [-0.4, -0.2) is 11.7 Å². The molecule has 3 nitrogen and oxygen atoms in total. The maximum atomic E-state index is 11.9. The number of nitrogens with two attached hydrogens (primary N) is 1. The number of benzene rings is 2. The van der Waals surface area contributed by atoms with Crippen LogP contribution in [0.4, 0.5) is 11.4 Å². The van der Waals surface area contributed by atoms with Crippen molar-refractivity contribution in [1.29, 1.82) is 0 Å². The minimum absolute atomic E-state index is 0.0199. The summed E-state index contributed by atoms with van der Waals surface area (Å²) in [5.41, 5.74) is 8.25. The molecule has 0 bridgehead atoms. The molecule has 0 aliphatic carbocycles. The number of hydrogen-bond donors (Lipinski definition) is 2. The summed E-state index contributed by atoms with van der Waals surface area (Å²) >= 11 is 4.92. The highest BCUT2D eigenvalue weighted by molar-refractivity contribution is 9.10. The largest absolute Gasteiger partial charge is 0.399 e. The molecule has 104 valence electrons. The molecule has 5 heteroatoms. The summed E-state index contributed by atoms with van der Waals surface area (Å²) in [7, 11) is 0. The highest BCUT2D eigenvalue weighted by Gasteiger charge is 2.05. The first-order valence-electron chi connectivity index (χ1n) is 6.09. The van der Waals surface area contributed by atoms with Crippen molar-refractivity contribution in [3.63, 3.8) is 0 Å². The predicted octanol–water partition coefficient (Wildman–Crippen LogP) is 4.07. The zero-order valence-corrected chi connectivity index (χ0v) is 13.4. The second-order valence-electron chi connectivity index (χ2n) is 4.37. The third-order valence-corrected chi connectivity index (χ3v) is 4.59. The van der Waals surface area contributed by atoms with Gasteiger partial charge in [-0.1, -0.05) is 15.9 Å². The maximum Gasteiger partial charge on any atom is 0.234 e. The van der Waals surface area contributed by atoms with Gasteiger partial charge in [-0.25, -0.2) is 0 Å². The molecule has 0 atom stereocenters. The van der Waals surface area contributed by atoms with Crippen LogP contribution < -0.4 is 11.1 Å². The zero-order chi connectivity index (χ0) is 14.5. The second kappa shape index (κ2) is 6.81. The van der Waals surface area contributed by atoms with E-state index in [9.17, 15) is 4.79 Å². The Morgan fingerprint density at radius 3 is 2.60 bits per heavy atom. The molecule has 0 aliphatic heterocycles. The van der Waals surface area contributed by atoms with Gasteiger partial charge in [0.15, 0.2) is 0 Å². The van der Waals surface area contributed by atoms with Crippen LogP contribution >= 0.6 is 27.7 Å². The summed E-state index contributed by atoms with van der Waals surface area (Å²) in [6, 6.07) is 13.2. The van der Waals surface area contributed by atoms with Gasteiger partial charge in [-0.15, -0.1) is 11.8 Å². The number of amides is 1. The highest BCUT2D eigenvalue weighted by Crippen LogP contribution is 2.22. The van der Waals surface area contributed by atoms with Crippen molar-refractivity contribution in [2.75, 3.05) is 16.8 Å². The average Bonchev–Trinajstić information content (AvgIpc) is 2.42. The van der Waals surface area contributed by atoms with E-state index in [2.05, 4.69) is 21.2 Å². The Kier molecular flexibility index (Phi) is 5.09. The van der Waals surface area contributed by atoms with Crippen molar-refractivity contribution in [3.8, 4) is 0 Å². The lowest BCUT2D eigenvalue weighted by Gasteiger charge is -2.07. The van der Waals surface area contributed by atoms with Crippen molar-refractivity contribution in [2.45, 2.75) is 11.8 Å². The number of aryl methyl sites for hydroxylation is 1. The van der Waals surface area contributed by atoms with Crippen LogP contribution in [-0.2, 0) is 4.79 Å². The molecule has 0 heterocycles. The van der Waals surface area contributed by atoms with Crippen molar-refractivity contribution < 1.29 is 4.79 Å². The maximum absolute atomic E-state index is 11.9. The molecule has 2 aromatic carbocycles. The molecule has 2 rings (SSSR count). The molecular weight excluding hydrogens is 336 g/mol. The van der Waals surface area contributed by atoms with E-state index in [4.69, 9.17) is 5.73 Å². The summed E-state index contributed by atoms with van der Waals surface area (Å²) in [5, 5.41) is 2.89. The summed E-state index contributed by atoms with van der Waals surface area (Å²) in [5.74, 6) is 0.354. The van der Waals surface area contributed by atoms with E-state index in [1.807, 2.05) is 49.4 Å². The zero-order valence-electron chi connectivity index (χ0n) is 11.0. The minimum atomic E-state index is -0.0199. The Balaban J connectivity index is 1.89. The molecule has 0 spiro atoms. The van der Waals surface area contributed by atoms with E-state index in [0.717, 1.165) is 26.3 Å². The van der Waals surface area contributed by atoms with Crippen LogP contribution in [0.5, 0.6) is 0 Å². The van der Waals surface area contributed by atoms with Crippen molar-refractivity contribution in [1.82, 2.24) is 0 Å². The Hall–Kier alpha value is -1.46. The van der Waals surface area contributed by atoms with Gasteiger partial charge in [0.25, 0.3) is 0 Å². The molecule has 0 aromatic heterocycles. The van der Waals surface area contributed by atoms with Gasteiger partial charge < -0.3 is 11.1 Å². The Morgan fingerprint density at radius 2 is 1.95 bits per heavy atom. The molecule has 0 fully saturated rings. The van der Waals surface area contributed by atoms with Gasteiger partial charge in [-0.3, -0.25) is 4.79 Å². The van der Waals surface area contributed by atoms with Gasteiger partial charge in [0.1, 0.15) is 0 Å². The van der Waals surface area contributed by atoms with Crippen molar-refractivity contribution in [3.05, 3.63) is 52.5 Å². The lowest BCUT2D eigenvalue weighted by Crippen LogP contribution is -2.14. The Labute approximate surface area is 131 Å². The van der Waals surface area contributed by atoms with E-state index in [1.165, 1.54) is 11.8 Å². The van der Waals surface area contributed by atoms with E-state index in [-0.39, 0.29) is 5.91 Å². The first-order chi connectivity index (χ1) is 9.54. The molecule has 0 aliphatic rings. The van der Waals surface area contributed by atoms with E-state index in [1.54, 1.807) is 0 Å². The molecule has 3 N–H and O–H groups in total. The summed E-state index contributed by atoms with van der Waals surface area (Å²) in [6.45, 7) is 1.99. The SMILES string of the molecule is Cc1cc(NC(=O)CSc2ccc(N)cc2)ccc1Br. The first-order valence-corrected chi connectivity index (χ1v) is 7.87. The minimum Gasteiger partial charge on any atom is -0.399 e. The second-order valence-corrected chi connectivity index (χ2v) is 6.27. The van der Waals surface area contributed by atoms with Crippen LogP contribution in [0.1, 0.15) is 5.56 Å². The molecule has 0 saturated heterocycles. The number of rotatable bonds is 4. The molecule has 0 saturated carbocycles. The third-order valence-electron chi connectivity index (χ3n) is 2.69. The molecule has 1 amide bonds. The van der Waals surface area contributed by atoms with Gasteiger partial charge in [0.05, 0.1) is 5.75 Å². The van der Waals surface area contributed by atoms with Crippen LogP contribution in [0.2, 0.25) is 0 Å². The lowest BCUT2D eigenvalue weighted by atomic mass is 10.2. The molecule has 0 unspecified atom stereocenters. The number of hydrogen-bond acceptors (Lipinski definition) is 3. The topological polar surface area (TPSA) is 55.1 Å². The lowest BCUT2D eigenvalue weighted by molar-refractivity contribution is -0.113. The third kappa shape index (κ3) is 4.28. The number of carbonyl (C=O) groups excluding carboxylic acids is 1. The van der Waals surface area contributed by atoms with Gasteiger partial charge in [0.2, 0.25) is 5.91 Å². The number of anilines is 2. The van der Waals surface area contributed by atoms with E-state index >= 15 is 0 Å². The predicted molar refractivity (Wildman–Crippen MR) is 89.1 cm³/mol. The van der Waals surface area contributed by atoms with Gasteiger partial charge in [0, 0.05) is 20.7 Å². The van der Waals surface area contributed by atoms with Gasteiger partial charge in [-0.2, -0.15) is 0 Å². The summed E-state index contributed by atoms with van der Waals surface area (Å²) < 4.78 is 1.03. The summed E-state index contributed by atoms with van der Waals surface area (Å²) in [6.07, 6.45) is 0. The van der Waals surface area contributed by atoms with E-state index < -0.39 is 0 Å². The number of nitrogens with one attached hydrogen (secondary N) is 1. The number of thioether (sulfide) groups is 1. The van der Waals surface area contributed by atoms with Crippen LogP contribution in [0.3, 0.4) is 0 Å². The van der Waals surface area contributed by atoms with Crippen molar-refractivity contribution >= 4 is 45.0 Å². The quantitative estimate of drug-likeness (QED) is 0.645. The number of carbonyl (C=O) groups is 1. The van der Waals surface area contributed by atoms with Crippen LogP contribution in [0.25, 0.3) is 0 Å². The average molecular weight is 351 g/mol. The standard InChI is InChI=1S/C15H15BrN2OS/c1-10-8-12(4-7-14(10)16)18-15(19)9-20-13-5-2-11(17)3-6-13/h2-8H,9,17H2,1H3,(H,18,19). The van der Waals surface area contributed by atoms with Gasteiger partial charge in [-0.05, 0) is 55.0 Å². The molecule has 0 radical (unpaired) electrons. The molecule has 20 heavy (non-hydrogen) atoms. The van der Waals surface area contributed by atoms with E-state index in [0.29, 0.717) is 5.75 Å². The smallest absolute Gasteiger partial charge is 0.234 e. The monoisotopic (exact) mass is 350 g/mol. The van der Waals surface area contributed by atoms with Crippen LogP contribution in [0, 0.1) is 6.92 Å². The molecule has 2 aromatic rings.